The normalized spacial score (nSPS) is 12.0. The van der Waals surface area contributed by atoms with E-state index >= 15 is 0 Å². The molecular weight excluding hydrogens is 328 g/mol. The Hall–Kier alpha value is -2.35. The number of carbonyl (C=O) groups excluding carboxylic acids is 2. The van der Waals surface area contributed by atoms with Crippen LogP contribution in [0.5, 0.6) is 5.75 Å². The highest BCUT2D eigenvalue weighted by molar-refractivity contribution is 8.00. The van der Waals surface area contributed by atoms with Gasteiger partial charge < -0.3 is 15.0 Å². The van der Waals surface area contributed by atoms with E-state index in [1.807, 2.05) is 14.0 Å². The number of hydrogen-bond acceptors (Lipinski definition) is 6. The Labute approximate surface area is 144 Å². The lowest BCUT2D eigenvalue weighted by atomic mass is 10.1. The minimum absolute atomic E-state index is 0.00402. The first-order valence-electron chi connectivity index (χ1n) is 7.44. The fraction of sp³-hybridized carbons (Fsp3) is 0.375. The Bertz CT molecular complexity index is 727. The molecule has 0 fully saturated rings. The SMILES string of the molecule is COc1ccc(C(=O)[C@@H](C)Sc2nnc(CCC(N)=O)n2C)cc1. The second-order valence-electron chi connectivity index (χ2n) is 5.28. The molecule has 1 amide bonds. The van der Waals surface area contributed by atoms with E-state index in [0.29, 0.717) is 28.7 Å². The van der Waals surface area contributed by atoms with Crippen molar-refractivity contribution in [1.82, 2.24) is 14.8 Å². The molecule has 0 aliphatic heterocycles. The number of ether oxygens (including phenoxy) is 1. The van der Waals surface area contributed by atoms with Crippen LogP contribution in [-0.4, -0.2) is 38.8 Å². The first-order chi connectivity index (χ1) is 11.4. The van der Waals surface area contributed by atoms with Gasteiger partial charge in [0.1, 0.15) is 11.6 Å². The molecule has 2 rings (SSSR count). The Morgan fingerprint density at radius 1 is 1.29 bits per heavy atom. The largest absolute Gasteiger partial charge is 0.497 e. The number of Topliss-reactive ketones (excluding diaryl/α,β-unsaturated/α-hetero) is 1. The minimum Gasteiger partial charge on any atom is -0.497 e. The molecule has 2 N–H and O–H groups in total. The van der Waals surface area contributed by atoms with Crippen LogP contribution in [0.4, 0.5) is 0 Å². The summed E-state index contributed by atoms with van der Waals surface area (Å²) in [4.78, 5) is 23.4. The van der Waals surface area contributed by atoms with Gasteiger partial charge in [0.25, 0.3) is 0 Å². The van der Waals surface area contributed by atoms with Crippen LogP contribution < -0.4 is 10.5 Å². The van der Waals surface area contributed by atoms with Crippen LogP contribution in [0.2, 0.25) is 0 Å². The molecule has 1 aromatic heterocycles. The van der Waals surface area contributed by atoms with Gasteiger partial charge in [0.15, 0.2) is 10.9 Å². The van der Waals surface area contributed by atoms with Crippen molar-refractivity contribution in [3.05, 3.63) is 35.7 Å². The molecule has 1 atom stereocenters. The lowest BCUT2D eigenvalue weighted by Crippen LogP contribution is -2.15. The number of nitrogens with zero attached hydrogens (tertiary/aromatic N) is 3. The van der Waals surface area contributed by atoms with E-state index in [1.165, 1.54) is 11.8 Å². The molecule has 128 valence electrons. The highest BCUT2D eigenvalue weighted by atomic mass is 32.2. The van der Waals surface area contributed by atoms with Crippen LogP contribution in [0.3, 0.4) is 0 Å². The van der Waals surface area contributed by atoms with Gasteiger partial charge in [-0.2, -0.15) is 0 Å². The molecule has 2 aromatic rings. The number of rotatable bonds is 8. The summed E-state index contributed by atoms with van der Waals surface area (Å²) in [5, 5.41) is 8.45. The number of aromatic nitrogens is 3. The zero-order valence-electron chi connectivity index (χ0n) is 13.9. The third kappa shape index (κ3) is 4.35. The van der Waals surface area contributed by atoms with Crippen LogP contribution >= 0.6 is 11.8 Å². The van der Waals surface area contributed by atoms with Crippen molar-refractivity contribution in [2.24, 2.45) is 12.8 Å². The molecule has 0 saturated heterocycles. The van der Waals surface area contributed by atoms with Crippen molar-refractivity contribution in [3.63, 3.8) is 0 Å². The minimum atomic E-state index is -0.379. The molecule has 0 saturated carbocycles. The number of methoxy groups -OCH3 is 1. The molecule has 8 heteroatoms. The quantitative estimate of drug-likeness (QED) is 0.574. The fourth-order valence-electron chi connectivity index (χ4n) is 2.10. The number of primary amides is 1. The molecule has 24 heavy (non-hydrogen) atoms. The maximum atomic E-state index is 12.5. The predicted octanol–water partition coefficient (Wildman–Crippen LogP) is 1.61. The van der Waals surface area contributed by atoms with Gasteiger partial charge in [-0.25, -0.2) is 0 Å². The van der Waals surface area contributed by atoms with Crippen LogP contribution in [0.15, 0.2) is 29.4 Å². The number of amides is 1. The van der Waals surface area contributed by atoms with Crippen LogP contribution in [0, 0.1) is 0 Å². The van der Waals surface area contributed by atoms with Gasteiger partial charge >= 0.3 is 0 Å². The van der Waals surface area contributed by atoms with Crippen molar-refractivity contribution in [2.45, 2.75) is 30.2 Å². The number of hydrogen-bond donors (Lipinski definition) is 1. The Kier molecular flexibility index (Phi) is 5.97. The molecule has 1 aromatic carbocycles. The van der Waals surface area contributed by atoms with Gasteiger partial charge in [-0.15, -0.1) is 10.2 Å². The lowest BCUT2D eigenvalue weighted by molar-refractivity contribution is -0.118. The van der Waals surface area contributed by atoms with Gasteiger partial charge in [-0.3, -0.25) is 9.59 Å². The smallest absolute Gasteiger partial charge is 0.217 e. The first-order valence-corrected chi connectivity index (χ1v) is 8.31. The number of benzene rings is 1. The standard InChI is InChI=1S/C16H20N4O3S/c1-10(15(22)11-4-6-12(23-3)7-5-11)24-16-19-18-14(20(16)2)9-8-13(17)21/h4-7,10H,8-9H2,1-3H3,(H2,17,21)/t10-/m1/s1. The number of thioether (sulfide) groups is 1. The zero-order chi connectivity index (χ0) is 17.7. The van der Waals surface area contributed by atoms with Crippen LogP contribution in [-0.2, 0) is 18.3 Å². The zero-order valence-corrected chi connectivity index (χ0v) is 14.7. The molecule has 0 spiro atoms. The Morgan fingerprint density at radius 2 is 1.96 bits per heavy atom. The second-order valence-corrected chi connectivity index (χ2v) is 6.58. The summed E-state index contributed by atoms with van der Waals surface area (Å²) in [6, 6.07) is 7.00. The molecule has 0 radical (unpaired) electrons. The highest BCUT2D eigenvalue weighted by Gasteiger charge is 2.20. The van der Waals surface area contributed by atoms with Gasteiger partial charge in [0.05, 0.1) is 12.4 Å². The van der Waals surface area contributed by atoms with Gasteiger partial charge in [0, 0.05) is 25.5 Å². The molecule has 0 aliphatic carbocycles. The number of nitrogens with two attached hydrogens (primary N) is 1. The van der Waals surface area contributed by atoms with E-state index < -0.39 is 0 Å². The van der Waals surface area contributed by atoms with Crippen LogP contribution in [0.1, 0.15) is 29.5 Å². The monoisotopic (exact) mass is 348 g/mol. The number of ketones is 1. The number of carbonyl (C=O) groups is 2. The molecule has 0 aliphatic rings. The average Bonchev–Trinajstić information content (AvgIpc) is 2.92. The summed E-state index contributed by atoms with van der Waals surface area (Å²) in [5.74, 6) is 0.999. The van der Waals surface area contributed by atoms with Crippen molar-refractivity contribution < 1.29 is 14.3 Å². The van der Waals surface area contributed by atoms with E-state index in [4.69, 9.17) is 10.5 Å². The van der Waals surface area contributed by atoms with E-state index in [9.17, 15) is 9.59 Å². The molecule has 7 nitrogen and oxygen atoms in total. The fourth-order valence-corrected chi connectivity index (χ4v) is 3.01. The van der Waals surface area contributed by atoms with Crippen molar-refractivity contribution in [1.29, 1.82) is 0 Å². The van der Waals surface area contributed by atoms with Crippen molar-refractivity contribution in [3.8, 4) is 5.75 Å². The van der Waals surface area contributed by atoms with Gasteiger partial charge in [0.2, 0.25) is 5.91 Å². The van der Waals surface area contributed by atoms with E-state index in [0.717, 1.165) is 0 Å². The Morgan fingerprint density at radius 3 is 2.54 bits per heavy atom. The van der Waals surface area contributed by atoms with E-state index in [2.05, 4.69) is 10.2 Å². The molecule has 0 bridgehead atoms. The third-order valence-corrected chi connectivity index (χ3v) is 4.68. The summed E-state index contributed by atoms with van der Waals surface area (Å²) < 4.78 is 6.88. The summed E-state index contributed by atoms with van der Waals surface area (Å²) >= 11 is 1.33. The summed E-state index contributed by atoms with van der Waals surface area (Å²) in [7, 11) is 3.39. The maximum absolute atomic E-state index is 12.5. The molecule has 1 heterocycles. The van der Waals surface area contributed by atoms with E-state index in [1.54, 1.807) is 35.9 Å². The lowest BCUT2D eigenvalue weighted by Gasteiger charge is -2.10. The highest BCUT2D eigenvalue weighted by Crippen LogP contribution is 2.25. The summed E-state index contributed by atoms with van der Waals surface area (Å²) in [6.07, 6.45) is 0.650. The summed E-state index contributed by atoms with van der Waals surface area (Å²) in [6.45, 7) is 1.83. The molecule has 0 unspecified atom stereocenters. The summed E-state index contributed by atoms with van der Waals surface area (Å²) in [5.41, 5.74) is 5.77. The first kappa shape index (κ1) is 18.0. The van der Waals surface area contributed by atoms with Crippen LogP contribution in [0.25, 0.3) is 0 Å². The molecular formula is C16H20N4O3S. The van der Waals surface area contributed by atoms with Crippen molar-refractivity contribution in [2.75, 3.05) is 7.11 Å². The van der Waals surface area contributed by atoms with Gasteiger partial charge in [-0.1, -0.05) is 11.8 Å². The predicted molar refractivity (Wildman–Crippen MR) is 91.2 cm³/mol. The second kappa shape index (κ2) is 7.96. The van der Waals surface area contributed by atoms with Crippen molar-refractivity contribution >= 4 is 23.5 Å². The average molecular weight is 348 g/mol. The maximum Gasteiger partial charge on any atom is 0.217 e. The Balaban J connectivity index is 2.04. The number of aryl methyl sites for hydroxylation is 1. The third-order valence-electron chi connectivity index (χ3n) is 3.55. The van der Waals surface area contributed by atoms with E-state index in [-0.39, 0.29) is 23.4 Å². The topological polar surface area (TPSA) is 100 Å². The van der Waals surface area contributed by atoms with Gasteiger partial charge in [-0.05, 0) is 31.2 Å².